The Morgan fingerprint density at radius 2 is 1.97 bits per heavy atom. The number of carbonyl (C=O) groups excluding carboxylic acids is 1. The van der Waals surface area contributed by atoms with Crippen molar-refractivity contribution >= 4 is 40.3 Å². The third kappa shape index (κ3) is 4.69. The van der Waals surface area contributed by atoms with Gasteiger partial charge in [0.1, 0.15) is 5.75 Å². The fraction of sp³-hybridized carbons (Fsp3) is 0.261. The molecule has 0 saturated heterocycles. The molecule has 0 radical (unpaired) electrons. The van der Waals surface area contributed by atoms with Gasteiger partial charge < -0.3 is 15.2 Å². The molecular formula is C23H23ClN4O2S. The summed E-state index contributed by atoms with van der Waals surface area (Å²) in [5.74, 6) is 0.877. The minimum absolute atomic E-state index is 0.0626. The van der Waals surface area contributed by atoms with E-state index >= 15 is 0 Å². The molecule has 0 bridgehead atoms. The number of halogens is 1. The molecular weight excluding hydrogens is 432 g/mol. The van der Waals surface area contributed by atoms with Gasteiger partial charge in [0.05, 0.1) is 23.2 Å². The number of anilines is 2. The van der Waals surface area contributed by atoms with Crippen LogP contribution in [0.25, 0.3) is 11.3 Å². The van der Waals surface area contributed by atoms with Crippen molar-refractivity contribution in [1.82, 2.24) is 15.3 Å². The molecule has 0 fully saturated rings. The summed E-state index contributed by atoms with van der Waals surface area (Å²) in [6, 6.07) is 13.3. The Labute approximate surface area is 189 Å². The van der Waals surface area contributed by atoms with Gasteiger partial charge in [-0.1, -0.05) is 54.8 Å². The van der Waals surface area contributed by atoms with Crippen molar-refractivity contribution in [3.63, 3.8) is 0 Å². The van der Waals surface area contributed by atoms with E-state index in [0.717, 1.165) is 22.4 Å². The lowest BCUT2D eigenvalue weighted by Crippen LogP contribution is -2.43. The van der Waals surface area contributed by atoms with Crippen LogP contribution in [0.1, 0.15) is 35.3 Å². The first-order chi connectivity index (χ1) is 14.7. The molecule has 2 aromatic carbocycles. The Hall–Kier alpha value is -2.61. The number of aromatic nitrogens is 2. The van der Waals surface area contributed by atoms with E-state index in [1.54, 1.807) is 12.5 Å². The summed E-state index contributed by atoms with van der Waals surface area (Å²) in [7, 11) is 0. The van der Waals surface area contributed by atoms with E-state index in [0.29, 0.717) is 34.5 Å². The first-order valence-corrected chi connectivity index (χ1v) is 11.9. The van der Waals surface area contributed by atoms with E-state index in [-0.39, 0.29) is 11.3 Å². The maximum Gasteiger partial charge on any atom is 0.251 e. The standard InChI is InChI=1S/C23H23ClN4O2S/c1-23(2)13-26-21(29)17-9-6-15(10-18(17)23)20-19(24)11-25-22(28-20)27-16-7-4-14(5-8-16)12-31(3)30/h4-11H,12-13H2,1-3H3,(H,26,29)(H,25,27,28). The van der Waals surface area contributed by atoms with E-state index in [9.17, 15) is 9.35 Å². The van der Waals surface area contributed by atoms with Crippen molar-refractivity contribution in [1.29, 1.82) is 0 Å². The Balaban J connectivity index is 1.64. The molecule has 6 nitrogen and oxygen atoms in total. The maximum absolute atomic E-state index is 12.2. The van der Waals surface area contributed by atoms with Crippen molar-refractivity contribution in [3.8, 4) is 11.3 Å². The molecule has 2 N–H and O–H groups in total. The Bertz CT molecular complexity index is 1130. The van der Waals surface area contributed by atoms with Gasteiger partial charge >= 0.3 is 0 Å². The van der Waals surface area contributed by atoms with Gasteiger partial charge in [-0.05, 0) is 29.8 Å². The molecule has 8 heteroatoms. The average molecular weight is 455 g/mol. The molecule has 2 heterocycles. The molecule has 1 amide bonds. The molecule has 31 heavy (non-hydrogen) atoms. The predicted molar refractivity (Wildman–Crippen MR) is 125 cm³/mol. The second-order valence-corrected chi connectivity index (χ2v) is 10.1. The van der Waals surface area contributed by atoms with Gasteiger partial charge in [0, 0.05) is 34.3 Å². The minimum atomic E-state index is -0.882. The van der Waals surface area contributed by atoms with Gasteiger partial charge in [0.2, 0.25) is 5.95 Å². The van der Waals surface area contributed by atoms with Crippen molar-refractivity contribution in [2.75, 3.05) is 18.1 Å². The highest BCUT2D eigenvalue weighted by Crippen LogP contribution is 2.35. The normalized spacial score (nSPS) is 15.7. The number of rotatable bonds is 5. The smallest absolute Gasteiger partial charge is 0.251 e. The number of hydrogen-bond donors (Lipinski definition) is 2. The lowest BCUT2D eigenvalue weighted by Gasteiger charge is -2.32. The number of fused-ring (bicyclic) bond motifs is 1. The molecule has 1 aliphatic heterocycles. The minimum Gasteiger partial charge on any atom is -0.616 e. The number of amides is 1. The monoisotopic (exact) mass is 454 g/mol. The van der Waals surface area contributed by atoms with Gasteiger partial charge in [-0.3, -0.25) is 4.79 Å². The van der Waals surface area contributed by atoms with E-state index in [1.165, 1.54) is 0 Å². The number of nitrogens with zero attached hydrogens (tertiary/aromatic N) is 2. The van der Waals surface area contributed by atoms with Crippen LogP contribution in [0, 0.1) is 0 Å². The first kappa shape index (κ1) is 21.6. The van der Waals surface area contributed by atoms with Crippen molar-refractivity contribution in [2.45, 2.75) is 25.0 Å². The summed E-state index contributed by atoms with van der Waals surface area (Å²) in [4.78, 5) is 21.2. The average Bonchev–Trinajstić information content (AvgIpc) is 2.73. The van der Waals surface area contributed by atoms with E-state index in [4.69, 9.17) is 11.6 Å². The second-order valence-electron chi connectivity index (χ2n) is 8.26. The highest BCUT2D eigenvalue weighted by Gasteiger charge is 2.31. The van der Waals surface area contributed by atoms with Gasteiger partial charge in [0.15, 0.2) is 0 Å². The molecule has 160 valence electrons. The third-order valence-corrected chi connectivity index (χ3v) is 6.30. The molecule has 0 saturated carbocycles. The second kappa shape index (κ2) is 8.49. The van der Waals surface area contributed by atoms with Crippen LogP contribution in [0.4, 0.5) is 11.6 Å². The van der Waals surface area contributed by atoms with Crippen LogP contribution in [0.15, 0.2) is 48.7 Å². The topological polar surface area (TPSA) is 90.0 Å². The highest BCUT2D eigenvalue weighted by atomic mass is 35.5. The van der Waals surface area contributed by atoms with Crippen molar-refractivity contribution in [2.24, 2.45) is 0 Å². The fourth-order valence-corrected chi connectivity index (χ4v) is 4.48. The predicted octanol–water partition coefficient (Wildman–Crippen LogP) is 4.44. The summed E-state index contributed by atoms with van der Waals surface area (Å²) in [6.07, 6.45) is 3.25. The molecule has 3 aromatic rings. The summed E-state index contributed by atoms with van der Waals surface area (Å²) in [5.41, 5.74) is 4.72. The van der Waals surface area contributed by atoms with Gasteiger partial charge in [-0.15, -0.1) is 0 Å². The molecule has 1 aliphatic rings. The molecule has 4 rings (SSSR count). The summed E-state index contributed by atoms with van der Waals surface area (Å²) < 4.78 is 11.4. The maximum atomic E-state index is 12.2. The van der Waals surface area contributed by atoms with Crippen LogP contribution in [0.2, 0.25) is 5.02 Å². The Morgan fingerprint density at radius 1 is 1.23 bits per heavy atom. The molecule has 0 spiro atoms. The largest absolute Gasteiger partial charge is 0.616 e. The Morgan fingerprint density at radius 3 is 2.68 bits per heavy atom. The van der Waals surface area contributed by atoms with Crippen molar-refractivity contribution in [3.05, 3.63) is 70.4 Å². The summed E-state index contributed by atoms with van der Waals surface area (Å²) in [5, 5.41) is 6.55. The zero-order valence-electron chi connectivity index (χ0n) is 17.5. The first-order valence-electron chi connectivity index (χ1n) is 9.84. The molecule has 1 unspecified atom stereocenters. The quantitative estimate of drug-likeness (QED) is 0.556. The fourth-order valence-electron chi connectivity index (χ4n) is 3.62. The van der Waals surface area contributed by atoms with Crippen LogP contribution in [-0.4, -0.2) is 33.2 Å². The lowest BCUT2D eigenvalue weighted by atomic mass is 9.78. The zero-order chi connectivity index (χ0) is 22.2. The number of nitrogens with one attached hydrogen (secondary N) is 2. The number of carbonyl (C=O) groups is 1. The van der Waals surface area contributed by atoms with E-state index < -0.39 is 11.2 Å². The number of hydrogen-bond acceptors (Lipinski definition) is 5. The van der Waals surface area contributed by atoms with Gasteiger partial charge in [0.25, 0.3) is 5.91 Å². The highest BCUT2D eigenvalue weighted by molar-refractivity contribution is 7.89. The van der Waals surface area contributed by atoms with Crippen molar-refractivity contribution < 1.29 is 9.35 Å². The molecule has 0 aliphatic carbocycles. The molecule has 1 aromatic heterocycles. The number of benzene rings is 2. The lowest BCUT2D eigenvalue weighted by molar-refractivity contribution is 0.0930. The van der Waals surface area contributed by atoms with Crippen LogP contribution in [0.3, 0.4) is 0 Å². The van der Waals surface area contributed by atoms with Crippen LogP contribution in [0.5, 0.6) is 0 Å². The van der Waals surface area contributed by atoms with E-state index in [1.807, 2.05) is 42.5 Å². The zero-order valence-corrected chi connectivity index (χ0v) is 19.1. The summed E-state index contributed by atoms with van der Waals surface area (Å²) in [6.45, 7) is 4.77. The van der Waals surface area contributed by atoms with Crippen LogP contribution in [-0.2, 0) is 22.3 Å². The summed E-state index contributed by atoms with van der Waals surface area (Å²) >= 11 is 5.54. The van der Waals surface area contributed by atoms with Gasteiger partial charge in [-0.2, -0.15) is 0 Å². The third-order valence-electron chi connectivity index (χ3n) is 5.28. The van der Waals surface area contributed by atoms with Crippen LogP contribution < -0.4 is 10.6 Å². The van der Waals surface area contributed by atoms with Gasteiger partial charge in [-0.25, -0.2) is 9.97 Å². The van der Waals surface area contributed by atoms with Crippen LogP contribution >= 0.6 is 11.6 Å². The SMILES string of the molecule is C[S+]([O-])Cc1ccc(Nc2ncc(Cl)c(-c3ccc4c(c3)C(C)(C)CNC4=O)n2)cc1. The van der Waals surface area contributed by atoms with E-state index in [2.05, 4.69) is 34.4 Å². The molecule has 1 atom stereocenters. The Kier molecular flexibility index (Phi) is 5.92.